The second kappa shape index (κ2) is 35.9. The van der Waals surface area contributed by atoms with Crippen LogP contribution in [0.25, 0.3) is 10.9 Å². The molecule has 0 saturated carbocycles. The number of amides is 14. The van der Waals surface area contributed by atoms with Gasteiger partial charge < -0.3 is 95.2 Å². The number of aromatic hydroxyl groups is 1. The Morgan fingerprint density at radius 3 is 1.55 bits per heavy atom. The third-order valence-electron chi connectivity index (χ3n) is 15.7. The van der Waals surface area contributed by atoms with E-state index in [0.29, 0.717) is 22.0 Å². The Morgan fingerprint density at radius 1 is 0.547 bits per heavy atom. The molecule has 0 unspecified atom stereocenters. The van der Waals surface area contributed by atoms with Crippen LogP contribution in [0.1, 0.15) is 103 Å². The number of nitrogens with zero attached hydrogens (tertiary/aromatic N) is 1. The molecule has 95 heavy (non-hydrogen) atoms. The molecule has 34 nitrogen and oxygen atoms in total. The van der Waals surface area contributed by atoms with Crippen molar-refractivity contribution < 1.29 is 92.0 Å². The van der Waals surface area contributed by atoms with Gasteiger partial charge in [-0.3, -0.25) is 76.7 Å². The predicted molar refractivity (Wildman–Crippen MR) is 333 cm³/mol. The van der Waals surface area contributed by atoms with Crippen LogP contribution in [0.15, 0.2) is 54.7 Å². The number of hydrogen-bond donors (Lipinski definition) is 17. The van der Waals surface area contributed by atoms with Gasteiger partial charge in [0.2, 0.25) is 82.7 Å². The number of fused-ring (bicyclic) bond motifs is 2. The summed E-state index contributed by atoms with van der Waals surface area (Å²) < 4.78 is 0. The second-order valence-electron chi connectivity index (χ2n) is 23.6. The van der Waals surface area contributed by atoms with Crippen LogP contribution in [0.5, 0.6) is 5.75 Å². The van der Waals surface area contributed by atoms with E-state index in [9.17, 15) is 92.0 Å². The molecule has 0 bridgehead atoms. The molecule has 5 rings (SSSR count). The lowest BCUT2D eigenvalue weighted by Crippen LogP contribution is -2.61. The minimum Gasteiger partial charge on any atom is -0.508 e. The Morgan fingerprint density at radius 2 is 1.02 bits per heavy atom. The van der Waals surface area contributed by atoms with Crippen molar-refractivity contribution in [1.82, 2.24) is 68.4 Å². The lowest BCUT2D eigenvalue weighted by atomic mass is 9.96. The summed E-state index contributed by atoms with van der Waals surface area (Å²) in [5.41, 5.74) is 12.6. The maximum Gasteiger partial charge on any atom is 0.303 e. The van der Waals surface area contributed by atoms with Crippen molar-refractivity contribution in [2.75, 3.05) is 26.2 Å². The van der Waals surface area contributed by atoms with Crippen LogP contribution in [0, 0.1) is 11.8 Å². The van der Waals surface area contributed by atoms with Gasteiger partial charge in [0.15, 0.2) is 0 Å². The fourth-order valence-electron chi connectivity index (χ4n) is 10.5. The summed E-state index contributed by atoms with van der Waals surface area (Å²) >= 11 is 0. The molecule has 0 radical (unpaired) electrons. The molecule has 10 atom stereocenters. The molecule has 3 aromatic rings. The summed E-state index contributed by atoms with van der Waals surface area (Å²) in [6.45, 7) is 3.95. The van der Waals surface area contributed by atoms with Gasteiger partial charge in [0.05, 0.1) is 32.5 Å². The van der Waals surface area contributed by atoms with E-state index < -0.39 is 220 Å². The maximum absolute atomic E-state index is 14.7. The lowest BCUT2D eigenvalue weighted by molar-refractivity contribution is -0.143. The fourth-order valence-corrected chi connectivity index (χ4v) is 10.5. The van der Waals surface area contributed by atoms with Crippen molar-refractivity contribution in [3.8, 4) is 5.75 Å². The number of carbonyl (C=O) groups is 16. The normalized spacial score (nSPS) is 23.8. The molecule has 0 aliphatic carbocycles. The first-order chi connectivity index (χ1) is 44.9. The van der Waals surface area contributed by atoms with Gasteiger partial charge in [-0.05, 0) is 73.3 Å². The number of carbonyl (C=O) groups excluding carboxylic acids is 14. The second-order valence-corrected chi connectivity index (χ2v) is 23.6. The van der Waals surface area contributed by atoms with Gasteiger partial charge in [-0.15, -0.1) is 0 Å². The molecule has 2 fully saturated rings. The monoisotopic (exact) mass is 1330 g/mol. The number of nitrogens with two attached hydrogens (primary N) is 2. The van der Waals surface area contributed by atoms with E-state index in [2.05, 4.69) is 63.5 Å². The van der Waals surface area contributed by atoms with Crippen molar-refractivity contribution in [2.24, 2.45) is 23.3 Å². The van der Waals surface area contributed by atoms with Crippen molar-refractivity contribution in [3.63, 3.8) is 0 Å². The molecule has 34 heteroatoms. The number of aromatic amines is 1. The van der Waals surface area contributed by atoms with Gasteiger partial charge in [-0.25, -0.2) is 0 Å². The van der Waals surface area contributed by atoms with Crippen molar-refractivity contribution in [1.29, 1.82) is 0 Å². The van der Waals surface area contributed by atoms with Crippen LogP contribution < -0.4 is 70.0 Å². The molecule has 0 spiro atoms. The quantitative estimate of drug-likeness (QED) is 0.0570. The number of carboxylic acids is 2. The number of phenolic OH excluding ortho intramolecular Hbond substituents is 1. The number of aromatic nitrogens is 1. The number of H-pyrrole nitrogens is 1. The molecule has 2 aliphatic rings. The van der Waals surface area contributed by atoms with Gasteiger partial charge in [-0.2, -0.15) is 0 Å². The van der Waals surface area contributed by atoms with Gasteiger partial charge in [0.25, 0.3) is 0 Å². The van der Waals surface area contributed by atoms with Gasteiger partial charge >= 0.3 is 11.9 Å². The maximum atomic E-state index is 14.7. The predicted octanol–water partition coefficient (Wildman–Crippen LogP) is -4.54. The first kappa shape index (κ1) is 75.0. The highest BCUT2D eigenvalue weighted by molar-refractivity contribution is 6.01. The molecule has 2 saturated heterocycles. The lowest BCUT2D eigenvalue weighted by Gasteiger charge is -2.32. The Hall–Kier alpha value is -10.7. The van der Waals surface area contributed by atoms with Crippen LogP contribution in [0.2, 0.25) is 0 Å². The number of benzene rings is 2. The number of phenols is 1. The number of primary amides is 2. The van der Waals surface area contributed by atoms with Gasteiger partial charge in [0, 0.05) is 49.3 Å². The Kier molecular flexibility index (Phi) is 28.4. The van der Waals surface area contributed by atoms with Crippen molar-refractivity contribution in [3.05, 3.63) is 65.9 Å². The van der Waals surface area contributed by atoms with E-state index in [1.54, 1.807) is 52.0 Å². The molecule has 19 N–H and O–H groups in total. The number of hydrogen-bond acceptors (Lipinski definition) is 17. The van der Waals surface area contributed by atoms with Gasteiger partial charge in [-0.1, -0.05) is 64.4 Å². The largest absolute Gasteiger partial charge is 0.508 e. The van der Waals surface area contributed by atoms with Gasteiger partial charge in [0.1, 0.15) is 60.1 Å². The highest BCUT2D eigenvalue weighted by Crippen LogP contribution is 2.23. The average molecular weight is 1330 g/mol. The average Bonchev–Trinajstić information content (AvgIpc) is 1.61. The van der Waals surface area contributed by atoms with E-state index >= 15 is 0 Å². The number of rotatable bonds is 18. The fraction of sp³-hybridized carbons (Fsp3) is 0.508. The van der Waals surface area contributed by atoms with Crippen molar-refractivity contribution in [2.45, 2.75) is 159 Å². The molecular formula is C61H83N15O19. The number of aliphatic carboxylic acids is 2. The summed E-state index contributed by atoms with van der Waals surface area (Å²) in [6, 6.07) is -2.49. The zero-order chi connectivity index (χ0) is 70.2. The Balaban J connectivity index is 1.55. The standard InChI is InChI=1S/C61H83N15O19/c1-5-31(4)52-60(94)73-39(21-30(2)3)55(89)67-28-48(81)69-37(16-18-50(83)84)53(87)65-27-47(80)68-38(17-19-51(85)86)54(88)66-29-49(82)70-41(23-33-26-64-36-10-7-6-9-35(33)36)57(91)72-42(24-45(62)78)58(92)71-40(22-32-12-14-34(77)15-13-32)56(90)74-43(25-46(63)79)61(95)76-20-8-11-44(76)59(93)75-52/h6-7,9-10,12-15,26,30-31,37-44,52,64,77H,5,8,11,16-25,27-29H2,1-4H3,(H2,62,78)(H2,63,79)(H,65,87)(H,66,88)(H,67,89)(H,68,80)(H,69,81)(H,70,82)(H,71,92)(H,72,91)(H,73,94)(H,74,90)(H,75,93)(H,83,84)(H,85,86)/t31-,37-,38-,39-,40-,41-,42-,43+,44-,52-/m0/s1. The summed E-state index contributed by atoms with van der Waals surface area (Å²) in [6.07, 6.45) is -3.07. The zero-order valence-electron chi connectivity index (χ0n) is 52.8. The summed E-state index contributed by atoms with van der Waals surface area (Å²) in [5, 5.41) is 56.0. The summed E-state index contributed by atoms with van der Waals surface area (Å²) in [4.78, 5) is 221. The van der Waals surface area contributed by atoms with E-state index in [1.807, 2.05) is 0 Å². The summed E-state index contributed by atoms with van der Waals surface area (Å²) in [5.74, 6) is -18.7. The molecule has 2 aliphatic heterocycles. The minimum absolute atomic E-state index is 0.0181. The first-order valence-corrected chi connectivity index (χ1v) is 30.8. The summed E-state index contributed by atoms with van der Waals surface area (Å²) in [7, 11) is 0. The highest BCUT2D eigenvalue weighted by Gasteiger charge is 2.42. The van der Waals surface area contributed by atoms with E-state index in [4.69, 9.17) is 11.5 Å². The molecule has 14 amide bonds. The first-order valence-electron chi connectivity index (χ1n) is 30.8. The van der Waals surface area contributed by atoms with Crippen LogP contribution in [-0.4, -0.2) is 200 Å². The SMILES string of the molecule is CC[C@H](C)[C@@H]1NC(=O)[C@@H]2CCCN2C(=O)[C@@H](CC(N)=O)NC(=O)[C@H](Cc2ccc(O)cc2)NC(=O)[C@H](CC(N)=O)NC(=O)[C@H](Cc2c[nH]c3ccccc23)NC(=O)CNC(=O)[C@H](CCC(=O)O)NC(=O)CNC(=O)[C@H](CCC(=O)O)NC(=O)CNC(=O)[C@H](CC(C)C)NC1=O. The van der Waals surface area contributed by atoms with E-state index in [0.717, 1.165) is 4.90 Å². The third kappa shape index (κ3) is 23.7. The minimum atomic E-state index is -1.93. The van der Waals surface area contributed by atoms with Crippen LogP contribution in [-0.2, 0) is 89.6 Å². The van der Waals surface area contributed by atoms with Crippen LogP contribution in [0.4, 0.5) is 0 Å². The van der Waals surface area contributed by atoms with Crippen LogP contribution >= 0.6 is 0 Å². The molecule has 1 aromatic heterocycles. The van der Waals surface area contributed by atoms with Crippen LogP contribution in [0.3, 0.4) is 0 Å². The highest BCUT2D eigenvalue weighted by atomic mass is 16.4. The zero-order valence-corrected chi connectivity index (χ0v) is 52.8. The number of carboxylic acid groups (broad SMARTS) is 2. The molecule has 516 valence electrons. The topological polar surface area (TPSA) is 537 Å². The smallest absolute Gasteiger partial charge is 0.303 e. The number of para-hydroxylation sites is 1. The van der Waals surface area contributed by atoms with E-state index in [1.165, 1.54) is 30.5 Å². The van der Waals surface area contributed by atoms with Crippen molar-refractivity contribution >= 4 is 106 Å². The molecular weight excluding hydrogens is 1250 g/mol. The Labute approximate surface area is 544 Å². The molecule has 2 aromatic carbocycles. The van der Waals surface area contributed by atoms with E-state index in [-0.39, 0.29) is 50.3 Å². The molecule has 3 heterocycles. The Bertz CT molecular complexity index is 3360. The third-order valence-corrected chi connectivity index (χ3v) is 15.7. The number of nitrogens with one attached hydrogen (secondary N) is 12.